The summed E-state index contributed by atoms with van der Waals surface area (Å²) in [5.41, 5.74) is 1.85. The Bertz CT molecular complexity index is 433. The summed E-state index contributed by atoms with van der Waals surface area (Å²) >= 11 is 0. The Morgan fingerprint density at radius 3 is 2.35 bits per heavy atom. The predicted molar refractivity (Wildman–Crippen MR) is 64.0 cm³/mol. The lowest BCUT2D eigenvalue weighted by molar-refractivity contribution is -0.138. The summed E-state index contributed by atoms with van der Waals surface area (Å²) in [6.45, 7) is 2.11. The van der Waals surface area contributed by atoms with Gasteiger partial charge in [-0.05, 0) is 18.4 Å². The normalized spacial score (nSPS) is 22.2. The second-order valence-electron chi connectivity index (χ2n) is 4.60. The van der Waals surface area contributed by atoms with Crippen LogP contribution in [0.15, 0.2) is 24.3 Å². The highest BCUT2D eigenvalue weighted by molar-refractivity contribution is 6.02. The fourth-order valence-electron chi connectivity index (χ4n) is 2.10. The Morgan fingerprint density at radius 2 is 1.88 bits per heavy atom. The molecule has 1 fully saturated rings. The van der Waals surface area contributed by atoms with E-state index >= 15 is 0 Å². The van der Waals surface area contributed by atoms with Crippen LogP contribution in [-0.2, 0) is 11.2 Å². The topological polar surface area (TPSA) is 54.4 Å². The van der Waals surface area contributed by atoms with Crippen LogP contribution in [0.5, 0.6) is 0 Å². The van der Waals surface area contributed by atoms with Crippen LogP contribution in [-0.4, -0.2) is 16.9 Å². The van der Waals surface area contributed by atoms with Crippen LogP contribution >= 0.6 is 0 Å². The van der Waals surface area contributed by atoms with Crippen LogP contribution in [0.25, 0.3) is 0 Å². The van der Waals surface area contributed by atoms with Crippen molar-refractivity contribution in [2.45, 2.75) is 26.2 Å². The lowest BCUT2D eigenvalue weighted by Gasteiger charge is -2.02. The lowest BCUT2D eigenvalue weighted by Crippen LogP contribution is -2.08. The quantitative estimate of drug-likeness (QED) is 0.794. The first-order valence-electron chi connectivity index (χ1n) is 5.99. The van der Waals surface area contributed by atoms with Gasteiger partial charge in [-0.25, -0.2) is 0 Å². The molecular weight excluding hydrogens is 216 g/mol. The molecule has 3 nitrogen and oxygen atoms in total. The summed E-state index contributed by atoms with van der Waals surface area (Å²) in [7, 11) is 0. The van der Waals surface area contributed by atoms with E-state index in [0.29, 0.717) is 12.0 Å². The molecule has 0 aromatic heterocycles. The lowest BCUT2D eigenvalue weighted by atomic mass is 10.0. The van der Waals surface area contributed by atoms with Gasteiger partial charge in [0.25, 0.3) is 0 Å². The Kier molecular flexibility index (Phi) is 3.27. The third kappa shape index (κ3) is 2.54. The minimum atomic E-state index is -0.856. The zero-order valence-corrected chi connectivity index (χ0v) is 9.85. The third-order valence-corrected chi connectivity index (χ3v) is 3.22. The highest BCUT2D eigenvalue weighted by atomic mass is 16.4. The van der Waals surface area contributed by atoms with Gasteiger partial charge in [-0.2, -0.15) is 0 Å². The number of hydrogen-bond donors (Lipinski definition) is 1. The number of rotatable bonds is 5. The fraction of sp³-hybridized carbons (Fsp3) is 0.429. The molecule has 0 spiro atoms. The van der Waals surface area contributed by atoms with Crippen molar-refractivity contribution in [3.05, 3.63) is 35.4 Å². The Morgan fingerprint density at radius 1 is 1.24 bits per heavy atom. The maximum absolute atomic E-state index is 11.9. The summed E-state index contributed by atoms with van der Waals surface area (Å²) in [6, 6.07) is 7.53. The van der Waals surface area contributed by atoms with Crippen molar-refractivity contribution >= 4 is 11.8 Å². The number of aryl methyl sites for hydroxylation is 1. The van der Waals surface area contributed by atoms with Crippen molar-refractivity contribution in [3.8, 4) is 0 Å². The van der Waals surface area contributed by atoms with Crippen LogP contribution in [0.3, 0.4) is 0 Å². The smallest absolute Gasteiger partial charge is 0.307 e. The fourth-order valence-corrected chi connectivity index (χ4v) is 2.10. The standard InChI is InChI=1S/C14H16O3/c1-2-3-9-4-6-10(7-5-9)13(15)11-8-12(11)14(16)17/h4-7,11-12H,2-3,8H2,1H3,(H,16,17)/t11-,12-/m0/s1. The van der Waals surface area contributed by atoms with Crippen molar-refractivity contribution in [2.75, 3.05) is 0 Å². The SMILES string of the molecule is CCCc1ccc(C(=O)[C@H]2C[C@@H]2C(=O)O)cc1. The summed E-state index contributed by atoms with van der Waals surface area (Å²) in [6.07, 6.45) is 2.58. The summed E-state index contributed by atoms with van der Waals surface area (Å²) < 4.78 is 0. The van der Waals surface area contributed by atoms with E-state index in [1.54, 1.807) is 0 Å². The number of benzene rings is 1. The minimum absolute atomic E-state index is 0.0274. The molecule has 1 aliphatic rings. The molecule has 1 aromatic carbocycles. The molecule has 0 bridgehead atoms. The molecule has 0 saturated heterocycles. The van der Waals surface area contributed by atoms with E-state index in [-0.39, 0.29) is 11.7 Å². The molecule has 1 aromatic rings. The highest BCUT2D eigenvalue weighted by Gasteiger charge is 2.48. The summed E-state index contributed by atoms with van der Waals surface area (Å²) in [4.78, 5) is 22.6. The van der Waals surface area contributed by atoms with Crippen LogP contribution in [0.1, 0.15) is 35.7 Å². The molecule has 0 amide bonds. The van der Waals surface area contributed by atoms with Crippen molar-refractivity contribution in [2.24, 2.45) is 11.8 Å². The first-order chi connectivity index (χ1) is 8.13. The average molecular weight is 232 g/mol. The Balaban J connectivity index is 2.03. The highest BCUT2D eigenvalue weighted by Crippen LogP contribution is 2.41. The first-order valence-corrected chi connectivity index (χ1v) is 5.99. The Labute approximate surface area is 100 Å². The number of carbonyl (C=O) groups excluding carboxylic acids is 1. The van der Waals surface area contributed by atoms with Crippen LogP contribution < -0.4 is 0 Å². The number of ketones is 1. The molecule has 1 N–H and O–H groups in total. The number of aliphatic carboxylic acids is 1. The van der Waals surface area contributed by atoms with Gasteiger partial charge in [-0.1, -0.05) is 37.6 Å². The number of carboxylic acids is 1. The predicted octanol–water partition coefficient (Wildman–Crippen LogP) is 2.54. The second kappa shape index (κ2) is 4.70. The van der Waals surface area contributed by atoms with Gasteiger partial charge in [-0.3, -0.25) is 9.59 Å². The van der Waals surface area contributed by atoms with Crippen molar-refractivity contribution in [1.82, 2.24) is 0 Å². The molecular formula is C14H16O3. The van der Waals surface area contributed by atoms with Gasteiger partial charge < -0.3 is 5.11 Å². The van der Waals surface area contributed by atoms with E-state index in [1.165, 1.54) is 5.56 Å². The average Bonchev–Trinajstić information content (AvgIpc) is 3.09. The molecule has 2 rings (SSSR count). The van der Waals surface area contributed by atoms with Crippen LogP contribution in [0, 0.1) is 11.8 Å². The van der Waals surface area contributed by atoms with Crippen LogP contribution in [0.2, 0.25) is 0 Å². The third-order valence-electron chi connectivity index (χ3n) is 3.22. The summed E-state index contributed by atoms with van der Waals surface area (Å²) in [5, 5.41) is 8.78. The molecule has 1 saturated carbocycles. The number of carbonyl (C=O) groups is 2. The summed E-state index contributed by atoms with van der Waals surface area (Å²) in [5.74, 6) is -1.64. The zero-order chi connectivity index (χ0) is 12.4. The molecule has 0 unspecified atom stereocenters. The van der Waals surface area contributed by atoms with E-state index < -0.39 is 11.9 Å². The van der Waals surface area contributed by atoms with Gasteiger partial charge >= 0.3 is 5.97 Å². The van der Waals surface area contributed by atoms with Gasteiger partial charge in [0.15, 0.2) is 5.78 Å². The maximum Gasteiger partial charge on any atom is 0.307 e. The second-order valence-corrected chi connectivity index (χ2v) is 4.60. The van der Waals surface area contributed by atoms with E-state index in [1.807, 2.05) is 24.3 Å². The van der Waals surface area contributed by atoms with E-state index in [2.05, 4.69) is 6.92 Å². The minimum Gasteiger partial charge on any atom is -0.481 e. The van der Waals surface area contributed by atoms with E-state index in [9.17, 15) is 9.59 Å². The number of Topliss-reactive ketones (excluding diaryl/α,β-unsaturated/α-hetero) is 1. The van der Waals surface area contributed by atoms with Gasteiger partial charge in [0.1, 0.15) is 0 Å². The van der Waals surface area contributed by atoms with E-state index in [4.69, 9.17) is 5.11 Å². The zero-order valence-electron chi connectivity index (χ0n) is 9.85. The first kappa shape index (κ1) is 11.8. The molecule has 3 heteroatoms. The van der Waals surface area contributed by atoms with Gasteiger partial charge in [-0.15, -0.1) is 0 Å². The maximum atomic E-state index is 11.9. The number of hydrogen-bond acceptors (Lipinski definition) is 2. The largest absolute Gasteiger partial charge is 0.481 e. The van der Waals surface area contributed by atoms with Gasteiger partial charge in [0.2, 0.25) is 0 Å². The molecule has 17 heavy (non-hydrogen) atoms. The molecule has 2 atom stereocenters. The van der Waals surface area contributed by atoms with Crippen molar-refractivity contribution < 1.29 is 14.7 Å². The van der Waals surface area contributed by atoms with Gasteiger partial charge in [0.05, 0.1) is 5.92 Å². The van der Waals surface area contributed by atoms with Crippen molar-refractivity contribution in [3.63, 3.8) is 0 Å². The monoisotopic (exact) mass is 232 g/mol. The molecule has 1 aliphatic carbocycles. The molecule has 0 radical (unpaired) electrons. The molecule has 90 valence electrons. The number of carboxylic acid groups (broad SMARTS) is 1. The van der Waals surface area contributed by atoms with Crippen LogP contribution in [0.4, 0.5) is 0 Å². The molecule has 0 aliphatic heterocycles. The van der Waals surface area contributed by atoms with Gasteiger partial charge in [0, 0.05) is 11.5 Å². The Hall–Kier alpha value is -1.64. The molecule has 0 heterocycles. The van der Waals surface area contributed by atoms with E-state index in [0.717, 1.165) is 12.8 Å². The van der Waals surface area contributed by atoms with Crippen molar-refractivity contribution in [1.29, 1.82) is 0 Å².